The Hall–Kier alpha value is -3.48. The van der Waals surface area contributed by atoms with Crippen molar-refractivity contribution in [3.8, 4) is 0 Å². The Morgan fingerprint density at radius 2 is 1.27 bits per heavy atom. The molecule has 0 spiro atoms. The van der Waals surface area contributed by atoms with Gasteiger partial charge in [-0.15, -0.1) is 0 Å². The second-order valence-electron chi connectivity index (χ2n) is 13.9. The fraction of sp³-hybridized carbons (Fsp3) is 0.788. The number of carbonyl (C=O) groups excluding carboxylic acids is 6. The van der Waals surface area contributed by atoms with Crippen molar-refractivity contribution in [1.29, 1.82) is 0 Å². The molecule has 6 amide bonds. The van der Waals surface area contributed by atoms with Crippen LogP contribution in [0.4, 0.5) is 0 Å². The third-order valence-electron chi connectivity index (χ3n) is 8.73. The predicted molar refractivity (Wildman–Crippen MR) is 189 cm³/mol. The molecular weight excluding hydrogens is 686 g/mol. The second-order valence-corrected chi connectivity index (χ2v) is 14.9. The van der Waals surface area contributed by atoms with Crippen molar-refractivity contribution in [2.24, 2.45) is 11.8 Å². The monoisotopic (exact) mass is 743 g/mol. The minimum atomic E-state index is -1.60. The maximum atomic E-state index is 14.0. The van der Waals surface area contributed by atoms with E-state index in [-0.39, 0.29) is 49.6 Å². The van der Waals surface area contributed by atoms with Gasteiger partial charge in [-0.25, -0.2) is 4.79 Å². The highest BCUT2D eigenvalue weighted by Gasteiger charge is 2.40. The Morgan fingerprint density at radius 1 is 0.725 bits per heavy atom. The third-order valence-corrected chi connectivity index (χ3v) is 9.38. The molecule has 0 aromatic rings. The number of aliphatic hydroxyl groups is 2. The number of amides is 6. The highest BCUT2D eigenvalue weighted by Crippen LogP contribution is 2.21. The van der Waals surface area contributed by atoms with Gasteiger partial charge in [0.05, 0.1) is 19.3 Å². The van der Waals surface area contributed by atoms with Crippen molar-refractivity contribution in [2.75, 3.05) is 38.3 Å². The lowest BCUT2D eigenvalue weighted by Crippen LogP contribution is -2.60. The van der Waals surface area contributed by atoms with Crippen molar-refractivity contribution in [3.63, 3.8) is 0 Å². The molecule has 2 aliphatic rings. The van der Waals surface area contributed by atoms with Crippen LogP contribution in [-0.4, -0.2) is 142 Å². The molecule has 2 rings (SSSR count). The van der Waals surface area contributed by atoms with Gasteiger partial charge in [-0.05, 0) is 75.3 Å². The van der Waals surface area contributed by atoms with E-state index in [4.69, 9.17) is 0 Å². The Kier molecular flexibility index (Phi) is 18.7. The Balaban J connectivity index is 2.16. The molecule has 0 bridgehead atoms. The lowest BCUT2D eigenvalue weighted by Gasteiger charge is -2.31. The number of aliphatic carboxylic acids is 1. The van der Waals surface area contributed by atoms with Crippen LogP contribution in [0.1, 0.15) is 72.6 Å². The van der Waals surface area contributed by atoms with Crippen molar-refractivity contribution in [1.82, 2.24) is 36.8 Å². The highest BCUT2D eigenvalue weighted by atomic mass is 32.2. The first kappa shape index (κ1) is 43.7. The van der Waals surface area contributed by atoms with E-state index in [0.29, 0.717) is 25.0 Å². The molecule has 0 unspecified atom stereocenters. The van der Waals surface area contributed by atoms with Gasteiger partial charge in [0.25, 0.3) is 0 Å². The largest absolute Gasteiger partial charge is 0.480 e. The van der Waals surface area contributed by atoms with Gasteiger partial charge in [-0.3, -0.25) is 28.8 Å². The molecule has 290 valence electrons. The number of thioether (sulfide) groups is 1. The zero-order valence-electron chi connectivity index (χ0n) is 30.2. The highest BCUT2D eigenvalue weighted by molar-refractivity contribution is 7.98. The first-order valence-electron chi connectivity index (χ1n) is 17.6. The molecule has 2 saturated heterocycles. The number of rotatable bonds is 21. The maximum absolute atomic E-state index is 14.0. The van der Waals surface area contributed by atoms with E-state index in [1.54, 1.807) is 13.8 Å². The molecular formula is C33H57N7O10S. The summed E-state index contributed by atoms with van der Waals surface area (Å²) in [6.07, 6.45) is 4.85. The molecule has 17 nitrogen and oxygen atoms in total. The Bertz CT molecular complexity index is 1220. The number of nitrogens with zero attached hydrogens (tertiary/aromatic N) is 1. The number of nitrogens with one attached hydrogen (secondary N) is 6. The van der Waals surface area contributed by atoms with Crippen molar-refractivity contribution in [2.45, 2.75) is 115 Å². The smallest absolute Gasteiger partial charge is 0.328 e. The maximum Gasteiger partial charge on any atom is 0.328 e. The first-order chi connectivity index (χ1) is 24.1. The number of hydrogen-bond donors (Lipinski definition) is 9. The molecule has 0 aromatic carbocycles. The van der Waals surface area contributed by atoms with E-state index < -0.39 is 85.0 Å². The summed E-state index contributed by atoms with van der Waals surface area (Å²) >= 11 is 1.52. The predicted octanol–water partition coefficient (Wildman–Crippen LogP) is -1.93. The molecule has 7 atom stereocenters. The van der Waals surface area contributed by atoms with Crippen LogP contribution in [0.3, 0.4) is 0 Å². The fourth-order valence-corrected chi connectivity index (χ4v) is 6.52. The summed E-state index contributed by atoms with van der Waals surface area (Å²) in [5.74, 6) is -4.75. The van der Waals surface area contributed by atoms with Crippen LogP contribution in [0.5, 0.6) is 0 Å². The van der Waals surface area contributed by atoms with Crippen LogP contribution >= 0.6 is 11.8 Å². The standard InChI is InChI=1S/C33H57N7O10S/c1-18(2)14-22(29(45)39-25(17-42)33(49)50)36-30(46)24(16-41)38-31(47)26-9-7-12-40(26)32(48)23(15-19(3)4)37-28(44)21(10-13-51-5)35-27(43)20-8-6-11-34-20/h18-26,34,41-42H,6-17H2,1-5H3,(H,35,43)(H,36,46)(H,37,44)(H,38,47)(H,39,45)(H,49,50)/t20-,21-,22-,23-,24-,25-,26-/m0/s1. The summed E-state index contributed by atoms with van der Waals surface area (Å²) in [6.45, 7) is 6.54. The number of likely N-dealkylation sites (tertiary alicyclic amines) is 1. The van der Waals surface area contributed by atoms with Crippen LogP contribution in [0, 0.1) is 11.8 Å². The lowest BCUT2D eigenvalue weighted by atomic mass is 10.0. The Morgan fingerprint density at radius 3 is 1.82 bits per heavy atom. The third kappa shape index (κ3) is 13.9. The van der Waals surface area contributed by atoms with Crippen LogP contribution in [0.2, 0.25) is 0 Å². The van der Waals surface area contributed by atoms with E-state index in [0.717, 1.165) is 13.0 Å². The van der Waals surface area contributed by atoms with Crippen molar-refractivity contribution in [3.05, 3.63) is 0 Å². The van der Waals surface area contributed by atoms with Gasteiger partial charge in [-0.1, -0.05) is 27.7 Å². The minimum absolute atomic E-state index is 0.0161. The molecule has 0 aromatic heterocycles. The zero-order chi connectivity index (χ0) is 38.2. The van der Waals surface area contributed by atoms with Gasteiger partial charge in [0.1, 0.15) is 36.3 Å². The zero-order valence-corrected chi connectivity index (χ0v) is 31.1. The topological polar surface area (TPSA) is 256 Å². The molecule has 9 N–H and O–H groups in total. The molecule has 18 heteroatoms. The van der Waals surface area contributed by atoms with Crippen molar-refractivity contribution < 1.29 is 48.9 Å². The number of carboxylic acid groups (broad SMARTS) is 1. The number of aliphatic hydroxyl groups excluding tert-OH is 2. The molecule has 2 heterocycles. The van der Waals surface area contributed by atoms with Gasteiger partial charge < -0.3 is 52.1 Å². The number of carbonyl (C=O) groups is 7. The summed E-state index contributed by atoms with van der Waals surface area (Å²) in [5, 5.41) is 44.4. The van der Waals surface area contributed by atoms with Gasteiger partial charge in [0.2, 0.25) is 35.4 Å². The van der Waals surface area contributed by atoms with Crippen LogP contribution < -0.4 is 31.9 Å². The van der Waals surface area contributed by atoms with Crippen LogP contribution in [0.25, 0.3) is 0 Å². The van der Waals surface area contributed by atoms with Crippen LogP contribution in [0.15, 0.2) is 0 Å². The summed E-state index contributed by atoms with van der Waals surface area (Å²) in [7, 11) is 0. The molecule has 2 aliphatic heterocycles. The lowest BCUT2D eigenvalue weighted by molar-refractivity contribution is -0.143. The van der Waals surface area contributed by atoms with E-state index in [9.17, 15) is 48.9 Å². The Labute approximate surface area is 303 Å². The average Bonchev–Trinajstić information content (AvgIpc) is 3.79. The summed E-state index contributed by atoms with van der Waals surface area (Å²) in [6, 6.07) is -7.59. The second kappa shape index (κ2) is 21.8. The van der Waals surface area contributed by atoms with Crippen molar-refractivity contribution >= 4 is 53.2 Å². The summed E-state index contributed by atoms with van der Waals surface area (Å²) < 4.78 is 0. The quantitative estimate of drug-likeness (QED) is 0.0623. The van der Waals surface area contributed by atoms with E-state index in [1.807, 2.05) is 20.1 Å². The molecule has 51 heavy (non-hydrogen) atoms. The van der Waals surface area contributed by atoms with Gasteiger partial charge in [-0.2, -0.15) is 11.8 Å². The van der Waals surface area contributed by atoms with E-state index in [1.165, 1.54) is 16.7 Å². The number of hydrogen-bond acceptors (Lipinski definition) is 11. The van der Waals surface area contributed by atoms with Crippen LogP contribution in [-0.2, 0) is 33.6 Å². The van der Waals surface area contributed by atoms with Gasteiger partial charge in [0.15, 0.2) is 0 Å². The normalized spacial score (nSPS) is 20.2. The molecule has 2 fully saturated rings. The first-order valence-corrected chi connectivity index (χ1v) is 19.0. The van der Waals surface area contributed by atoms with E-state index in [2.05, 4.69) is 31.9 Å². The molecule has 0 radical (unpaired) electrons. The average molecular weight is 744 g/mol. The minimum Gasteiger partial charge on any atom is -0.480 e. The molecule has 0 aliphatic carbocycles. The number of carboxylic acids is 1. The summed E-state index contributed by atoms with van der Waals surface area (Å²) in [5.41, 5.74) is 0. The van der Waals surface area contributed by atoms with E-state index >= 15 is 0 Å². The SMILES string of the molecule is CSCC[C@H](NC(=O)[C@@H]1CCCN1)C(=O)N[C@@H](CC(C)C)C(=O)N1CCC[C@H]1C(=O)N[C@@H](CO)C(=O)N[C@@H](CC(C)C)C(=O)N[C@@H](CO)C(=O)O. The summed E-state index contributed by atoms with van der Waals surface area (Å²) in [4.78, 5) is 92.5. The van der Waals surface area contributed by atoms with Gasteiger partial charge >= 0.3 is 5.97 Å². The fourth-order valence-electron chi connectivity index (χ4n) is 6.05. The molecule has 0 saturated carbocycles. The van der Waals surface area contributed by atoms with Gasteiger partial charge in [0, 0.05) is 6.54 Å².